The predicted molar refractivity (Wildman–Crippen MR) is 68.0 cm³/mol. The van der Waals surface area contributed by atoms with E-state index in [1.807, 2.05) is 12.1 Å². The summed E-state index contributed by atoms with van der Waals surface area (Å²) >= 11 is 3.48. The zero-order valence-corrected chi connectivity index (χ0v) is 11.1. The maximum absolute atomic E-state index is 5.70. The number of hydrogen-bond donors (Lipinski definition) is 0. The number of benzene rings is 1. The summed E-state index contributed by atoms with van der Waals surface area (Å²) in [4.78, 5) is 0. The molecule has 1 heterocycles. The van der Waals surface area contributed by atoms with Crippen LogP contribution in [0.3, 0.4) is 0 Å². The highest BCUT2D eigenvalue weighted by atomic mass is 79.9. The van der Waals surface area contributed by atoms with Crippen LogP contribution in [-0.2, 0) is 4.74 Å². The van der Waals surface area contributed by atoms with Gasteiger partial charge in [-0.25, -0.2) is 0 Å². The second-order valence-corrected chi connectivity index (χ2v) is 5.04. The molecule has 0 saturated carbocycles. The summed E-state index contributed by atoms with van der Waals surface area (Å²) < 4.78 is 12.4. The highest BCUT2D eigenvalue weighted by Crippen LogP contribution is 2.22. The molecule has 1 saturated heterocycles. The van der Waals surface area contributed by atoms with Crippen molar-refractivity contribution in [3.8, 4) is 5.75 Å². The van der Waals surface area contributed by atoms with Crippen molar-refractivity contribution in [1.29, 1.82) is 0 Å². The van der Waals surface area contributed by atoms with Crippen molar-refractivity contribution in [3.63, 3.8) is 0 Å². The fraction of sp³-hybridized carbons (Fsp3) is 0.538. The van der Waals surface area contributed by atoms with E-state index >= 15 is 0 Å². The maximum atomic E-state index is 5.70. The van der Waals surface area contributed by atoms with Gasteiger partial charge in [-0.15, -0.1) is 0 Å². The lowest BCUT2D eigenvalue weighted by Crippen LogP contribution is -2.10. The van der Waals surface area contributed by atoms with Crippen LogP contribution in [0.15, 0.2) is 22.7 Å². The topological polar surface area (TPSA) is 18.5 Å². The van der Waals surface area contributed by atoms with Crippen molar-refractivity contribution in [3.05, 3.63) is 28.2 Å². The summed E-state index contributed by atoms with van der Waals surface area (Å²) in [5, 5.41) is 0. The SMILES string of the molecule is Cc1cc(OCCC2CCCO2)ccc1Br. The zero-order chi connectivity index (χ0) is 11.4. The minimum Gasteiger partial charge on any atom is -0.493 e. The number of aryl methyl sites for hydroxylation is 1. The largest absolute Gasteiger partial charge is 0.493 e. The highest BCUT2D eigenvalue weighted by Gasteiger charge is 2.14. The van der Waals surface area contributed by atoms with Gasteiger partial charge in [0.1, 0.15) is 5.75 Å². The molecule has 2 nitrogen and oxygen atoms in total. The summed E-state index contributed by atoms with van der Waals surface area (Å²) in [6, 6.07) is 6.07. The maximum Gasteiger partial charge on any atom is 0.119 e. The lowest BCUT2D eigenvalue weighted by Gasteiger charge is -2.11. The molecule has 0 amide bonds. The fourth-order valence-corrected chi connectivity index (χ4v) is 2.13. The van der Waals surface area contributed by atoms with Gasteiger partial charge >= 0.3 is 0 Å². The fourth-order valence-electron chi connectivity index (χ4n) is 1.89. The van der Waals surface area contributed by atoms with Gasteiger partial charge in [-0.3, -0.25) is 0 Å². The third-order valence-corrected chi connectivity index (χ3v) is 3.75. The average Bonchev–Trinajstić information content (AvgIpc) is 2.76. The molecule has 1 unspecified atom stereocenters. The number of halogens is 1. The predicted octanol–water partition coefficient (Wildman–Crippen LogP) is 3.71. The molecule has 1 atom stereocenters. The van der Waals surface area contributed by atoms with Gasteiger partial charge in [0.2, 0.25) is 0 Å². The van der Waals surface area contributed by atoms with Crippen molar-refractivity contribution in [2.45, 2.75) is 32.3 Å². The van der Waals surface area contributed by atoms with Gasteiger partial charge in [0.05, 0.1) is 12.7 Å². The lowest BCUT2D eigenvalue weighted by molar-refractivity contribution is 0.0903. The summed E-state index contributed by atoms with van der Waals surface area (Å²) in [6.45, 7) is 3.73. The van der Waals surface area contributed by atoms with Gasteiger partial charge in [-0.05, 0) is 43.5 Å². The molecule has 0 bridgehead atoms. The van der Waals surface area contributed by atoms with Crippen molar-refractivity contribution in [2.75, 3.05) is 13.2 Å². The monoisotopic (exact) mass is 284 g/mol. The van der Waals surface area contributed by atoms with Crippen LogP contribution in [0.2, 0.25) is 0 Å². The van der Waals surface area contributed by atoms with Gasteiger partial charge in [0.25, 0.3) is 0 Å². The first kappa shape index (κ1) is 11.9. The standard InChI is InChI=1S/C13H17BrO2/c1-10-9-12(4-5-13(10)14)16-8-6-11-3-2-7-15-11/h4-5,9,11H,2-3,6-8H2,1H3. The molecule has 2 rings (SSSR count). The molecule has 0 N–H and O–H groups in total. The van der Waals surface area contributed by atoms with Gasteiger partial charge in [0.15, 0.2) is 0 Å². The van der Waals surface area contributed by atoms with E-state index in [4.69, 9.17) is 9.47 Å². The second-order valence-electron chi connectivity index (χ2n) is 4.18. The van der Waals surface area contributed by atoms with E-state index in [-0.39, 0.29) is 0 Å². The lowest BCUT2D eigenvalue weighted by atomic mass is 10.2. The molecule has 0 radical (unpaired) electrons. The van der Waals surface area contributed by atoms with Gasteiger partial charge in [-0.1, -0.05) is 15.9 Å². The molecule has 16 heavy (non-hydrogen) atoms. The quantitative estimate of drug-likeness (QED) is 0.839. The van der Waals surface area contributed by atoms with E-state index < -0.39 is 0 Å². The Bertz CT molecular complexity index is 346. The Hall–Kier alpha value is -0.540. The van der Waals surface area contributed by atoms with Crippen molar-refractivity contribution in [2.24, 2.45) is 0 Å². The van der Waals surface area contributed by atoms with Crippen LogP contribution in [-0.4, -0.2) is 19.3 Å². The van der Waals surface area contributed by atoms with Gasteiger partial charge in [-0.2, -0.15) is 0 Å². The third-order valence-electron chi connectivity index (χ3n) is 2.86. The third kappa shape index (κ3) is 3.22. The molecule has 0 spiro atoms. The minimum atomic E-state index is 0.413. The number of ether oxygens (including phenoxy) is 2. The normalized spacial score (nSPS) is 20.0. The summed E-state index contributed by atoms with van der Waals surface area (Å²) in [5.41, 5.74) is 1.20. The summed E-state index contributed by atoms with van der Waals surface area (Å²) in [5.74, 6) is 0.943. The van der Waals surface area contributed by atoms with E-state index in [1.165, 1.54) is 18.4 Å². The summed E-state index contributed by atoms with van der Waals surface area (Å²) in [6.07, 6.45) is 3.79. The van der Waals surface area contributed by atoms with Crippen molar-refractivity contribution in [1.82, 2.24) is 0 Å². The minimum absolute atomic E-state index is 0.413. The van der Waals surface area contributed by atoms with Crippen LogP contribution in [0.1, 0.15) is 24.8 Å². The van der Waals surface area contributed by atoms with Crippen molar-refractivity contribution < 1.29 is 9.47 Å². The molecule has 1 aromatic carbocycles. The first-order chi connectivity index (χ1) is 7.75. The molecule has 1 fully saturated rings. The Labute approximate surface area is 105 Å². The zero-order valence-electron chi connectivity index (χ0n) is 9.54. The molecule has 0 aromatic heterocycles. The molecule has 3 heteroatoms. The molecule has 1 aliphatic heterocycles. The van der Waals surface area contributed by atoms with E-state index in [1.54, 1.807) is 0 Å². The van der Waals surface area contributed by atoms with Crippen LogP contribution in [0.5, 0.6) is 5.75 Å². The average molecular weight is 285 g/mol. The molecule has 88 valence electrons. The van der Waals surface area contributed by atoms with E-state index in [9.17, 15) is 0 Å². The Morgan fingerprint density at radius 3 is 3.06 bits per heavy atom. The Kier molecular flexibility index (Phi) is 4.24. The molecule has 1 aliphatic rings. The molecule has 0 aliphatic carbocycles. The molecule has 1 aromatic rings. The van der Waals surface area contributed by atoms with Crippen molar-refractivity contribution >= 4 is 15.9 Å². The first-order valence-electron chi connectivity index (χ1n) is 5.76. The number of rotatable bonds is 4. The Balaban J connectivity index is 1.78. The van der Waals surface area contributed by atoms with E-state index in [2.05, 4.69) is 28.9 Å². The van der Waals surface area contributed by atoms with Crippen LogP contribution < -0.4 is 4.74 Å². The van der Waals surface area contributed by atoms with E-state index in [0.717, 1.165) is 29.9 Å². The van der Waals surface area contributed by atoms with Crippen LogP contribution in [0.25, 0.3) is 0 Å². The smallest absolute Gasteiger partial charge is 0.119 e. The Morgan fingerprint density at radius 1 is 1.50 bits per heavy atom. The molecular weight excluding hydrogens is 268 g/mol. The first-order valence-corrected chi connectivity index (χ1v) is 6.55. The number of hydrogen-bond acceptors (Lipinski definition) is 2. The summed E-state index contributed by atoms with van der Waals surface area (Å²) in [7, 11) is 0. The van der Waals surface area contributed by atoms with Crippen LogP contribution >= 0.6 is 15.9 Å². The van der Waals surface area contributed by atoms with Gasteiger partial charge < -0.3 is 9.47 Å². The van der Waals surface area contributed by atoms with Crippen LogP contribution in [0.4, 0.5) is 0 Å². The van der Waals surface area contributed by atoms with Gasteiger partial charge in [0, 0.05) is 17.5 Å². The molecular formula is C13H17BrO2. The van der Waals surface area contributed by atoms with E-state index in [0.29, 0.717) is 6.10 Å². The van der Waals surface area contributed by atoms with Crippen LogP contribution in [0, 0.1) is 6.92 Å². The highest BCUT2D eigenvalue weighted by molar-refractivity contribution is 9.10. The second kappa shape index (κ2) is 5.69. The Morgan fingerprint density at radius 2 is 2.38 bits per heavy atom.